The summed E-state index contributed by atoms with van der Waals surface area (Å²) in [6, 6.07) is 5.50. The fourth-order valence-electron chi connectivity index (χ4n) is 1.76. The van der Waals surface area contributed by atoms with E-state index in [2.05, 4.69) is 19.2 Å². The van der Waals surface area contributed by atoms with Crippen LogP contribution in [0.25, 0.3) is 0 Å². The smallest absolute Gasteiger partial charge is 0.437 e. The maximum Gasteiger partial charge on any atom is 0.573 e. The highest BCUT2D eigenvalue weighted by Gasteiger charge is 2.31. The molecular weight excluding hydrogens is 409 g/mol. The van der Waals surface area contributed by atoms with Gasteiger partial charge in [-0.15, -0.1) is 13.2 Å². The highest BCUT2D eigenvalue weighted by Crippen LogP contribution is 2.24. The van der Waals surface area contributed by atoms with Gasteiger partial charge in [0.25, 0.3) is 15.9 Å². The molecule has 1 aromatic carbocycles. The number of hydrogen-bond acceptors (Lipinski definition) is 8. The Balaban J connectivity index is 2.08. The van der Waals surface area contributed by atoms with Gasteiger partial charge in [0.05, 0.1) is 17.6 Å². The van der Waals surface area contributed by atoms with E-state index in [-0.39, 0.29) is 11.4 Å². The molecule has 28 heavy (non-hydrogen) atoms. The van der Waals surface area contributed by atoms with Crippen molar-refractivity contribution >= 4 is 22.1 Å². The third-order valence-electron chi connectivity index (χ3n) is 2.95. The van der Waals surface area contributed by atoms with Crippen LogP contribution in [0.5, 0.6) is 11.6 Å². The van der Waals surface area contributed by atoms with E-state index in [0.29, 0.717) is 0 Å². The normalized spacial score (nSPS) is 11.4. The van der Waals surface area contributed by atoms with Crippen LogP contribution >= 0.6 is 0 Å². The van der Waals surface area contributed by atoms with Gasteiger partial charge in [-0.3, -0.25) is 4.79 Å². The van der Waals surface area contributed by atoms with Gasteiger partial charge in [0.2, 0.25) is 5.88 Å². The van der Waals surface area contributed by atoms with Crippen LogP contribution < -0.4 is 14.2 Å². The lowest BCUT2D eigenvalue weighted by atomic mass is 10.3. The first kappa shape index (κ1) is 21.0. The van der Waals surface area contributed by atoms with Crippen molar-refractivity contribution in [2.75, 3.05) is 7.11 Å². The number of hydrogen-bond donors (Lipinski definition) is 1. The number of methoxy groups -OCH3 is 1. The van der Waals surface area contributed by atoms with Crippen molar-refractivity contribution in [1.29, 1.82) is 0 Å². The molecule has 2 aromatic rings. The van der Waals surface area contributed by atoms with Crippen LogP contribution in [-0.4, -0.2) is 38.9 Å². The Morgan fingerprint density at radius 1 is 1.07 bits per heavy atom. The summed E-state index contributed by atoms with van der Waals surface area (Å²) < 4.78 is 74.9. The van der Waals surface area contributed by atoms with Crippen molar-refractivity contribution in [2.45, 2.75) is 11.3 Å². The summed E-state index contributed by atoms with van der Waals surface area (Å²) in [5, 5.41) is 0. The van der Waals surface area contributed by atoms with Crippen LogP contribution in [0.15, 0.2) is 47.5 Å². The third-order valence-corrected chi connectivity index (χ3v) is 4.29. The summed E-state index contributed by atoms with van der Waals surface area (Å²) in [5.74, 6) is -1.87. The standard InChI is InChI=1S/C15H11F3N2O7S/c1-25-14(22)26-12-7-2-9(8-19-12)13(21)20-28(23,24)11-5-3-10(4-6-11)27-15(16,17)18/h2-8H,1H3,(H,20,21). The minimum atomic E-state index is -4.93. The number of alkyl halides is 3. The Kier molecular flexibility index (Phi) is 6.08. The van der Waals surface area contributed by atoms with Crippen molar-refractivity contribution in [1.82, 2.24) is 9.71 Å². The second-order valence-corrected chi connectivity index (χ2v) is 6.58. The van der Waals surface area contributed by atoms with Crippen LogP contribution in [0.4, 0.5) is 18.0 Å². The van der Waals surface area contributed by atoms with E-state index in [1.165, 1.54) is 0 Å². The van der Waals surface area contributed by atoms with Crippen LogP contribution in [0.2, 0.25) is 0 Å². The number of ether oxygens (including phenoxy) is 3. The molecular formula is C15H11F3N2O7S. The first-order valence-corrected chi connectivity index (χ1v) is 8.63. The number of carbonyl (C=O) groups is 2. The maximum absolute atomic E-state index is 12.2. The average Bonchev–Trinajstić information content (AvgIpc) is 2.61. The van der Waals surface area contributed by atoms with Gasteiger partial charge >= 0.3 is 12.5 Å². The number of halogens is 3. The Bertz CT molecular complexity index is 959. The van der Waals surface area contributed by atoms with E-state index in [0.717, 1.165) is 49.7 Å². The number of carbonyl (C=O) groups excluding carboxylic acids is 2. The molecule has 9 nitrogen and oxygen atoms in total. The van der Waals surface area contributed by atoms with E-state index in [9.17, 15) is 31.2 Å². The zero-order valence-electron chi connectivity index (χ0n) is 13.9. The van der Waals surface area contributed by atoms with Gasteiger partial charge in [0.1, 0.15) is 5.75 Å². The van der Waals surface area contributed by atoms with Crippen LogP contribution in [0.3, 0.4) is 0 Å². The summed E-state index contributed by atoms with van der Waals surface area (Å²) in [4.78, 5) is 26.1. The van der Waals surface area contributed by atoms with E-state index in [4.69, 9.17) is 0 Å². The van der Waals surface area contributed by atoms with E-state index < -0.39 is 39.1 Å². The molecule has 1 heterocycles. The van der Waals surface area contributed by atoms with Gasteiger partial charge < -0.3 is 14.2 Å². The van der Waals surface area contributed by atoms with E-state index in [1.54, 1.807) is 4.72 Å². The number of nitrogens with zero attached hydrogens (tertiary/aromatic N) is 1. The minimum absolute atomic E-state index is 0.183. The summed E-state index contributed by atoms with van der Waals surface area (Å²) in [6.45, 7) is 0. The lowest BCUT2D eigenvalue weighted by Crippen LogP contribution is -2.30. The monoisotopic (exact) mass is 420 g/mol. The van der Waals surface area contributed by atoms with Gasteiger partial charge in [-0.25, -0.2) is 22.9 Å². The molecule has 0 unspecified atom stereocenters. The molecule has 1 amide bonds. The SMILES string of the molecule is COC(=O)Oc1ccc(C(=O)NS(=O)(=O)c2ccc(OC(F)(F)F)cc2)cn1. The molecule has 13 heteroatoms. The predicted octanol–water partition coefficient (Wildman–Crippen LogP) is 2.24. The molecule has 0 spiro atoms. The molecule has 0 radical (unpaired) electrons. The molecule has 0 aliphatic rings. The largest absolute Gasteiger partial charge is 0.573 e. The predicted molar refractivity (Wildman–Crippen MR) is 85.0 cm³/mol. The summed E-state index contributed by atoms with van der Waals surface area (Å²) in [5.41, 5.74) is -0.183. The molecule has 0 atom stereocenters. The fourth-order valence-corrected chi connectivity index (χ4v) is 2.74. The molecule has 0 saturated heterocycles. The molecule has 150 valence electrons. The molecule has 2 rings (SSSR count). The second kappa shape index (κ2) is 8.12. The first-order valence-electron chi connectivity index (χ1n) is 7.15. The Hall–Kier alpha value is -3.35. The van der Waals surface area contributed by atoms with Gasteiger partial charge in [-0.1, -0.05) is 0 Å². The molecule has 1 aromatic heterocycles. The van der Waals surface area contributed by atoms with Crippen LogP contribution in [-0.2, 0) is 14.8 Å². The number of benzene rings is 1. The zero-order chi connectivity index (χ0) is 20.9. The minimum Gasteiger partial charge on any atom is -0.437 e. The number of rotatable bonds is 5. The number of pyridine rings is 1. The fraction of sp³-hybridized carbons (Fsp3) is 0.133. The van der Waals surface area contributed by atoms with Crippen molar-refractivity contribution in [3.05, 3.63) is 48.2 Å². The van der Waals surface area contributed by atoms with Crippen molar-refractivity contribution in [3.8, 4) is 11.6 Å². The molecule has 1 N–H and O–H groups in total. The number of aromatic nitrogens is 1. The van der Waals surface area contributed by atoms with Gasteiger partial charge in [-0.05, 0) is 30.3 Å². The summed E-state index contributed by atoms with van der Waals surface area (Å²) in [7, 11) is -3.29. The molecule has 0 saturated carbocycles. The molecule has 0 fully saturated rings. The summed E-state index contributed by atoms with van der Waals surface area (Å²) >= 11 is 0. The van der Waals surface area contributed by atoms with Crippen molar-refractivity contribution in [3.63, 3.8) is 0 Å². The lowest BCUT2D eigenvalue weighted by molar-refractivity contribution is -0.274. The molecule has 0 aliphatic heterocycles. The van der Waals surface area contributed by atoms with Crippen molar-refractivity contribution in [2.24, 2.45) is 0 Å². The quantitative estimate of drug-likeness (QED) is 0.731. The lowest BCUT2D eigenvalue weighted by Gasteiger charge is -2.10. The second-order valence-electron chi connectivity index (χ2n) is 4.90. The van der Waals surface area contributed by atoms with E-state index in [1.807, 2.05) is 0 Å². The zero-order valence-corrected chi connectivity index (χ0v) is 14.7. The number of nitrogens with one attached hydrogen (secondary N) is 1. The van der Waals surface area contributed by atoms with Gasteiger partial charge in [-0.2, -0.15) is 0 Å². The maximum atomic E-state index is 12.2. The van der Waals surface area contributed by atoms with Gasteiger partial charge in [0, 0.05) is 12.3 Å². The van der Waals surface area contributed by atoms with Gasteiger partial charge in [0.15, 0.2) is 0 Å². The first-order chi connectivity index (χ1) is 13.0. The molecule has 0 bridgehead atoms. The summed E-state index contributed by atoms with van der Waals surface area (Å²) in [6.07, 6.45) is -5.01. The van der Waals surface area contributed by atoms with Crippen LogP contribution in [0.1, 0.15) is 10.4 Å². The number of sulfonamides is 1. The Labute approximate surface area is 156 Å². The Morgan fingerprint density at radius 3 is 2.21 bits per heavy atom. The Morgan fingerprint density at radius 2 is 1.71 bits per heavy atom. The average molecular weight is 420 g/mol. The molecule has 0 aliphatic carbocycles. The third kappa shape index (κ3) is 5.84. The van der Waals surface area contributed by atoms with Crippen molar-refractivity contribution < 1.29 is 45.4 Å². The topological polar surface area (TPSA) is 121 Å². The van der Waals surface area contributed by atoms with E-state index >= 15 is 0 Å². The number of amides is 1. The highest BCUT2D eigenvalue weighted by molar-refractivity contribution is 7.90. The highest BCUT2D eigenvalue weighted by atomic mass is 32.2. The van der Waals surface area contributed by atoms with Crippen LogP contribution in [0, 0.1) is 0 Å².